The van der Waals surface area contributed by atoms with Crippen LogP contribution >= 0.6 is 0 Å². The van der Waals surface area contributed by atoms with E-state index in [9.17, 15) is 5.11 Å². The highest BCUT2D eigenvalue weighted by molar-refractivity contribution is 5.31. The van der Waals surface area contributed by atoms with Gasteiger partial charge in [-0.2, -0.15) is 0 Å². The highest BCUT2D eigenvalue weighted by atomic mass is 16.5. The number of ether oxygens (including phenoxy) is 2. The Morgan fingerprint density at radius 2 is 2.25 bits per heavy atom. The third-order valence-electron chi connectivity index (χ3n) is 3.77. The maximum absolute atomic E-state index is 10.2. The van der Waals surface area contributed by atoms with Crippen LogP contribution in [0.3, 0.4) is 0 Å². The molecule has 112 valence electrons. The van der Waals surface area contributed by atoms with E-state index in [-0.39, 0.29) is 6.10 Å². The summed E-state index contributed by atoms with van der Waals surface area (Å²) in [6.07, 6.45) is 1.69. The van der Waals surface area contributed by atoms with E-state index in [2.05, 4.69) is 29.6 Å². The van der Waals surface area contributed by atoms with E-state index in [1.165, 1.54) is 11.1 Å². The van der Waals surface area contributed by atoms with E-state index in [4.69, 9.17) is 9.47 Å². The molecule has 4 nitrogen and oxygen atoms in total. The van der Waals surface area contributed by atoms with Crippen LogP contribution < -0.4 is 5.32 Å². The normalized spacial score (nSPS) is 21.2. The Morgan fingerprint density at radius 3 is 3.05 bits per heavy atom. The number of nitrogens with one attached hydrogen (secondary N) is 1. The molecule has 20 heavy (non-hydrogen) atoms. The molecule has 0 saturated carbocycles. The van der Waals surface area contributed by atoms with Gasteiger partial charge in [0, 0.05) is 33.2 Å². The number of hydrogen-bond acceptors (Lipinski definition) is 4. The molecule has 0 bridgehead atoms. The fourth-order valence-corrected chi connectivity index (χ4v) is 2.53. The fourth-order valence-electron chi connectivity index (χ4n) is 2.53. The van der Waals surface area contributed by atoms with E-state index in [1.807, 2.05) is 6.92 Å². The molecule has 0 radical (unpaired) electrons. The van der Waals surface area contributed by atoms with Gasteiger partial charge in [-0.25, -0.2) is 0 Å². The first kappa shape index (κ1) is 15.4. The van der Waals surface area contributed by atoms with Crippen LogP contribution in [-0.2, 0) is 15.9 Å². The van der Waals surface area contributed by atoms with Gasteiger partial charge >= 0.3 is 0 Å². The average Bonchev–Trinajstić information content (AvgIpc) is 2.45. The second kappa shape index (κ2) is 7.18. The smallest absolute Gasteiger partial charge is 0.0952 e. The third-order valence-corrected chi connectivity index (χ3v) is 3.77. The monoisotopic (exact) mass is 279 g/mol. The van der Waals surface area contributed by atoms with E-state index in [0.29, 0.717) is 19.6 Å². The summed E-state index contributed by atoms with van der Waals surface area (Å²) in [5.41, 5.74) is 1.89. The van der Waals surface area contributed by atoms with Crippen molar-refractivity contribution in [1.29, 1.82) is 0 Å². The molecular weight excluding hydrogens is 254 g/mol. The second-order valence-electron chi connectivity index (χ2n) is 5.68. The Bertz CT molecular complexity index is 420. The minimum Gasteiger partial charge on any atom is -0.389 e. The lowest BCUT2D eigenvalue weighted by Gasteiger charge is -2.28. The number of fused-ring (bicyclic) bond motifs is 1. The van der Waals surface area contributed by atoms with Crippen LogP contribution in [0, 0.1) is 0 Å². The van der Waals surface area contributed by atoms with Crippen molar-refractivity contribution >= 4 is 0 Å². The molecule has 2 rings (SSSR count). The first-order chi connectivity index (χ1) is 9.62. The van der Waals surface area contributed by atoms with Gasteiger partial charge in [-0.3, -0.25) is 0 Å². The lowest BCUT2D eigenvalue weighted by molar-refractivity contribution is 0.0127. The van der Waals surface area contributed by atoms with E-state index in [1.54, 1.807) is 7.11 Å². The third kappa shape index (κ3) is 4.28. The van der Waals surface area contributed by atoms with E-state index >= 15 is 0 Å². The van der Waals surface area contributed by atoms with Crippen molar-refractivity contribution in [3.05, 3.63) is 35.4 Å². The summed E-state index contributed by atoms with van der Waals surface area (Å²) in [6.45, 7) is 4.42. The molecule has 1 aliphatic rings. The Kier molecular flexibility index (Phi) is 5.54. The zero-order chi connectivity index (χ0) is 14.4. The lowest BCUT2D eigenvalue weighted by atomic mass is 9.97. The number of hydrogen-bond donors (Lipinski definition) is 2. The summed E-state index contributed by atoms with van der Waals surface area (Å²) in [4.78, 5) is 0. The van der Waals surface area contributed by atoms with Crippen LogP contribution in [0.25, 0.3) is 0 Å². The molecule has 2 N–H and O–H groups in total. The van der Waals surface area contributed by atoms with Gasteiger partial charge in [0.1, 0.15) is 0 Å². The van der Waals surface area contributed by atoms with Crippen molar-refractivity contribution in [2.45, 2.75) is 31.5 Å². The number of methoxy groups -OCH3 is 1. The van der Waals surface area contributed by atoms with Crippen LogP contribution in [0.1, 0.15) is 30.6 Å². The maximum atomic E-state index is 10.2. The van der Waals surface area contributed by atoms with Crippen LogP contribution in [-0.4, -0.2) is 44.1 Å². The molecule has 2 atom stereocenters. The summed E-state index contributed by atoms with van der Waals surface area (Å²) in [5.74, 6) is 0. The van der Waals surface area contributed by atoms with Gasteiger partial charge in [0.2, 0.25) is 0 Å². The Hall–Kier alpha value is -0.940. The highest BCUT2D eigenvalue weighted by Gasteiger charge is 2.23. The van der Waals surface area contributed by atoms with Crippen LogP contribution in [0.15, 0.2) is 24.3 Å². The molecule has 1 aromatic rings. The van der Waals surface area contributed by atoms with Crippen LogP contribution in [0.5, 0.6) is 0 Å². The second-order valence-corrected chi connectivity index (χ2v) is 5.68. The van der Waals surface area contributed by atoms with Gasteiger partial charge in [0.25, 0.3) is 0 Å². The lowest BCUT2D eigenvalue weighted by Crippen LogP contribution is -2.41. The zero-order valence-electron chi connectivity index (χ0n) is 12.4. The fraction of sp³-hybridized carbons (Fsp3) is 0.625. The predicted molar refractivity (Wildman–Crippen MR) is 78.8 cm³/mol. The van der Waals surface area contributed by atoms with E-state index in [0.717, 1.165) is 19.6 Å². The van der Waals surface area contributed by atoms with Gasteiger partial charge in [0.15, 0.2) is 0 Å². The van der Waals surface area contributed by atoms with Crippen molar-refractivity contribution in [3.63, 3.8) is 0 Å². The molecule has 1 aliphatic heterocycles. The topological polar surface area (TPSA) is 50.7 Å². The first-order valence-corrected chi connectivity index (χ1v) is 7.24. The number of rotatable bonds is 7. The molecule has 1 heterocycles. The molecular formula is C16H25NO3. The quantitative estimate of drug-likeness (QED) is 0.797. The van der Waals surface area contributed by atoms with Crippen molar-refractivity contribution in [3.8, 4) is 0 Å². The summed E-state index contributed by atoms with van der Waals surface area (Å²) in [6, 6.07) is 8.42. The Balaban J connectivity index is 1.83. The van der Waals surface area contributed by atoms with Gasteiger partial charge in [-0.15, -0.1) is 0 Å². The molecule has 1 aromatic carbocycles. The van der Waals surface area contributed by atoms with Crippen LogP contribution in [0.4, 0.5) is 0 Å². The van der Waals surface area contributed by atoms with E-state index < -0.39 is 5.60 Å². The highest BCUT2D eigenvalue weighted by Crippen LogP contribution is 2.26. The molecule has 4 heteroatoms. The minimum atomic E-state index is -0.746. The Labute approximate surface area is 121 Å². The zero-order valence-corrected chi connectivity index (χ0v) is 12.4. The maximum Gasteiger partial charge on any atom is 0.0952 e. The Morgan fingerprint density at radius 1 is 1.45 bits per heavy atom. The van der Waals surface area contributed by atoms with Crippen molar-refractivity contribution in [1.82, 2.24) is 5.32 Å². The molecule has 0 saturated heterocycles. The molecule has 0 spiro atoms. The number of aliphatic hydroxyl groups is 1. The summed E-state index contributed by atoms with van der Waals surface area (Å²) in [5, 5.41) is 13.5. The van der Waals surface area contributed by atoms with Gasteiger partial charge in [-0.05, 0) is 24.5 Å². The first-order valence-electron chi connectivity index (χ1n) is 7.24. The van der Waals surface area contributed by atoms with Gasteiger partial charge in [0.05, 0.1) is 18.3 Å². The summed E-state index contributed by atoms with van der Waals surface area (Å²) in [7, 11) is 1.65. The summed E-state index contributed by atoms with van der Waals surface area (Å²) < 4.78 is 10.8. The largest absolute Gasteiger partial charge is 0.389 e. The summed E-state index contributed by atoms with van der Waals surface area (Å²) >= 11 is 0. The van der Waals surface area contributed by atoms with Gasteiger partial charge < -0.3 is 19.9 Å². The molecule has 0 aromatic heterocycles. The number of benzene rings is 1. The van der Waals surface area contributed by atoms with Crippen molar-refractivity contribution in [2.75, 3.05) is 33.4 Å². The SMILES string of the molecule is COCCC(C)(O)CNCC1OCCc2ccccc21. The molecule has 2 unspecified atom stereocenters. The average molecular weight is 279 g/mol. The predicted octanol–water partition coefficient (Wildman–Crippen LogP) is 1.68. The minimum absolute atomic E-state index is 0.0816. The van der Waals surface area contributed by atoms with Gasteiger partial charge in [-0.1, -0.05) is 24.3 Å². The van der Waals surface area contributed by atoms with Crippen LogP contribution in [0.2, 0.25) is 0 Å². The standard InChI is InChI=1S/C16H25NO3/c1-16(18,8-10-19-2)12-17-11-15-14-6-4-3-5-13(14)7-9-20-15/h3-6,15,17-18H,7-12H2,1-2H3. The molecule has 0 aliphatic carbocycles. The molecule has 0 fully saturated rings. The molecule has 0 amide bonds. The van der Waals surface area contributed by atoms with Crippen molar-refractivity contribution < 1.29 is 14.6 Å². The van der Waals surface area contributed by atoms with Crippen molar-refractivity contribution in [2.24, 2.45) is 0 Å².